The van der Waals surface area contributed by atoms with E-state index in [-0.39, 0.29) is 5.78 Å². The van der Waals surface area contributed by atoms with Crippen molar-refractivity contribution in [3.63, 3.8) is 0 Å². The Balaban J connectivity index is 1.26. The van der Waals surface area contributed by atoms with Crippen LogP contribution < -0.4 is 0 Å². The second kappa shape index (κ2) is 11.1. The van der Waals surface area contributed by atoms with Crippen molar-refractivity contribution in [3.05, 3.63) is 203 Å². The summed E-state index contributed by atoms with van der Waals surface area (Å²) in [7, 11) is 0. The first-order valence-electron chi connectivity index (χ1n) is 14.0. The molecule has 0 saturated carbocycles. The molecule has 3 aliphatic heterocycles. The van der Waals surface area contributed by atoms with Gasteiger partial charge in [-0.1, -0.05) is 133 Å². The Morgan fingerprint density at radius 3 is 1.55 bits per heavy atom. The molecule has 0 radical (unpaired) electrons. The molecule has 3 nitrogen and oxygen atoms in total. The van der Waals surface area contributed by atoms with Crippen LogP contribution in [0, 0.1) is 0 Å². The summed E-state index contributed by atoms with van der Waals surface area (Å²) in [4.78, 5) is 15.9. The summed E-state index contributed by atoms with van der Waals surface area (Å²) in [6.45, 7) is 0. The van der Waals surface area contributed by atoms with Gasteiger partial charge in [0.2, 0.25) is 5.78 Å². The summed E-state index contributed by atoms with van der Waals surface area (Å²) < 4.78 is 6.34. The minimum atomic E-state index is 0.0199. The molecule has 0 spiro atoms. The smallest absolute Gasteiger partial charge is 0.212 e. The Morgan fingerprint density at radius 2 is 1.00 bits per heavy atom. The zero-order valence-electron chi connectivity index (χ0n) is 22.9. The maximum Gasteiger partial charge on any atom is 0.212 e. The van der Waals surface area contributed by atoms with Gasteiger partial charge >= 0.3 is 0 Å². The highest BCUT2D eigenvalue weighted by Crippen LogP contribution is 2.43. The average Bonchev–Trinajstić information content (AvgIpc) is 3.36. The van der Waals surface area contributed by atoms with Gasteiger partial charge in [0.05, 0.1) is 17.0 Å². The second-order valence-electron chi connectivity index (χ2n) is 10.2. The third kappa shape index (κ3) is 4.89. The largest absolute Gasteiger partial charge is 0.456 e. The van der Waals surface area contributed by atoms with Crippen LogP contribution in [0.2, 0.25) is 0 Å². The normalized spacial score (nSPS) is 17.0. The van der Waals surface area contributed by atoms with Gasteiger partial charge in [0.15, 0.2) is 0 Å². The van der Waals surface area contributed by atoms with Gasteiger partial charge < -0.3 is 9.64 Å². The van der Waals surface area contributed by atoms with E-state index >= 15 is 0 Å². The molecule has 0 saturated heterocycles. The molecule has 0 aliphatic carbocycles. The van der Waals surface area contributed by atoms with Gasteiger partial charge in [-0.25, -0.2) is 0 Å². The van der Waals surface area contributed by atoms with E-state index in [1.54, 1.807) is 0 Å². The van der Waals surface area contributed by atoms with Crippen molar-refractivity contribution in [3.8, 4) is 0 Å². The maximum absolute atomic E-state index is 13.9. The molecule has 200 valence electrons. The second-order valence-corrected chi connectivity index (χ2v) is 10.2. The summed E-state index contributed by atoms with van der Waals surface area (Å²) >= 11 is 0. The van der Waals surface area contributed by atoms with E-state index in [0.717, 1.165) is 50.6 Å². The third-order valence-corrected chi connectivity index (χ3v) is 7.43. The van der Waals surface area contributed by atoms with Crippen molar-refractivity contribution in [2.75, 3.05) is 0 Å². The minimum Gasteiger partial charge on any atom is -0.456 e. The summed E-state index contributed by atoms with van der Waals surface area (Å²) in [5.41, 5.74) is 8.16. The maximum atomic E-state index is 13.9. The third-order valence-electron chi connectivity index (χ3n) is 7.43. The molecule has 42 heavy (non-hydrogen) atoms. The Hall–Kier alpha value is -5.67. The number of nitrogens with zero attached hydrogens (tertiary/aromatic N) is 1. The Labute approximate surface area is 245 Å². The highest BCUT2D eigenvalue weighted by molar-refractivity contribution is 6.38. The van der Waals surface area contributed by atoms with Gasteiger partial charge in [-0.2, -0.15) is 0 Å². The molecule has 3 aliphatic rings. The van der Waals surface area contributed by atoms with Crippen molar-refractivity contribution in [1.82, 2.24) is 4.90 Å². The van der Waals surface area contributed by atoms with Crippen LogP contribution in [0.4, 0.5) is 0 Å². The van der Waals surface area contributed by atoms with E-state index in [1.807, 2.05) is 145 Å². The van der Waals surface area contributed by atoms with Gasteiger partial charge in [-0.05, 0) is 46.6 Å². The highest BCUT2D eigenvalue weighted by Gasteiger charge is 2.36. The Kier molecular flexibility index (Phi) is 6.67. The van der Waals surface area contributed by atoms with Gasteiger partial charge in [-0.3, -0.25) is 4.79 Å². The first-order valence-corrected chi connectivity index (χ1v) is 14.0. The zero-order chi connectivity index (χ0) is 28.3. The lowest BCUT2D eigenvalue weighted by Gasteiger charge is -2.22. The minimum absolute atomic E-state index is 0.0199. The van der Waals surface area contributed by atoms with Gasteiger partial charge in [0.25, 0.3) is 0 Å². The monoisotopic (exact) mass is 541 g/mol. The van der Waals surface area contributed by atoms with Crippen LogP contribution in [0.3, 0.4) is 0 Å². The van der Waals surface area contributed by atoms with Gasteiger partial charge in [0, 0.05) is 17.3 Å². The molecule has 4 aromatic rings. The molecule has 3 heterocycles. The fourth-order valence-electron chi connectivity index (χ4n) is 5.40. The predicted octanol–water partition coefficient (Wildman–Crippen LogP) is 8.82. The molecule has 4 aromatic carbocycles. The highest BCUT2D eigenvalue weighted by atomic mass is 16.5. The summed E-state index contributed by atoms with van der Waals surface area (Å²) in [5, 5.41) is 0. The quantitative estimate of drug-likeness (QED) is 0.253. The average molecular weight is 542 g/mol. The van der Waals surface area contributed by atoms with Crippen LogP contribution >= 0.6 is 0 Å². The molecule has 3 heteroatoms. The number of hydrogen-bond acceptors (Lipinski definition) is 3. The number of rotatable bonds is 5. The molecule has 0 amide bonds. The van der Waals surface area contributed by atoms with Crippen molar-refractivity contribution in [1.29, 1.82) is 0 Å². The van der Waals surface area contributed by atoms with E-state index in [2.05, 4.69) is 24.3 Å². The number of hydrogen-bond donors (Lipinski definition) is 0. The van der Waals surface area contributed by atoms with Crippen LogP contribution in [-0.4, -0.2) is 10.7 Å². The van der Waals surface area contributed by atoms with Crippen LogP contribution in [0.15, 0.2) is 181 Å². The summed E-state index contributed by atoms with van der Waals surface area (Å²) in [6, 6.07) is 40.2. The number of carbonyl (C=O) groups is 1. The SMILES string of the molecule is O=C1C2=CC(=CC=C3C=C(c4ccccc4)OC(c4ccccc4)=C3)C=CN2C(c2ccccc2)=C1c1ccccc1. The van der Waals surface area contributed by atoms with Crippen molar-refractivity contribution in [2.45, 2.75) is 0 Å². The van der Waals surface area contributed by atoms with E-state index in [1.165, 1.54) is 0 Å². The van der Waals surface area contributed by atoms with Crippen molar-refractivity contribution in [2.24, 2.45) is 0 Å². The number of ketones is 1. The molecular weight excluding hydrogens is 514 g/mol. The number of fused-ring (bicyclic) bond motifs is 1. The van der Waals surface area contributed by atoms with E-state index in [4.69, 9.17) is 4.74 Å². The molecule has 0 atom stereocenters. The van der Waals surface area contributed by atoms with E-state index in [9.17, 15) is 4.79 Å². The number of carbonyl (C=O) groups excluding carboxylic acids is 1. The lowest BCUT2D eigenvalue weighted by molar-refractivity contribution is -0.110. The standard InChI is InChI=1S/C39H27NO2/c41-39-34-25-28(23-24-40(34)38(33-19-11-4-12-20-33)37(39)32-17-9-3-10-18-32)21-22-29-26-35(30-13-5-1-6-14-30)42-36(27-29)31-15-7-2-8-16-31/h1-27H. The summed E-state index contributed by atoms with van der Waals surface area (Å²) in [5.74, 6) is 1.60. The molecule has 0 bridgehead atoms. The number of allylic oxidation sites excluding steroid dienone is 9. The molecule has 0 aromatic heterocycles. The topological polar surface area (TPSA) is 29.5 Å². The van der Waals surface area contributed by atoms with Crippen LogP contribution in [0.5, 0.6) is 0 Å². The van der Waals surface area contributed by atoms with Crippen LogP contribution in [0.25, 0.3) is 22.8 Å². The lowest BCUT2D eigenvalue weighted by Crippen LogP contribution is -2.15. The molecule has 0 unspecified atom stereocenters. The van der Waals surface area contributed by atoms with Crippen LogP contribution in [0.1, 0.15) is 22.3 Å². The molecule has 0 N–H and O–H groups in total. The molecule has 0 fully saturated rings. The fourth-order valence-corrected chi connectivity index (χ4v) is 5.40. The zero-order valence-corrected chi connectivity index (χ0v) is 22.9. The first-order chi connectivity index (χ1) is 20.7. The van der Waals surface area contributed by atoms with Gasteiger partial charge in [-0.15, -0.1) is 0 Å². The number of ether oxygens (including phenoxy) is 1. The Bertz CT molecular complexity index is 1810. The molecular formula is C39H27NO2. The summed E-state index contributed by atoms with van der Waals surface area (Å²) in [6.07, 6.45) is 14.2. The Morgan fingerprint density at radius 1 is 0.524 bits per heavy atom. The number of benzene rings is 4. The van der Waals surface area contributed by atoms with Crippen molar-refractivity contribution >= 4 is 28.6 Å². The van der Waals surface area contributed by atoms with Gasteiger partial charge in [0.1, 0.15) is 11.5 Å². The van der Waals surface area contributed by atoms with E-state index < -0.39 is 0 Å². The van der Waals surface area contributed by atoms with E-state index in [0.29, 0.717) is 11.3 Å². The van der Waals surface area contributed by atoms with Crippen molar-refractivity contribution < 1.29 is 9.53 Å². The predicted molar refractivity (Wildman–Crippen MR) is 170 cm³/mol. The number of Topliss-reactive ketones (excluding diaryl/α,β-unsaturated/α-hetero) is 1. The first kappa shape index (κ1) is 25.3. The van der Waals surface area contributed by atoms with Crippen LogP contribution in [-0.2, 0) is 9.53 Å². The lowest BCUT2D eigenvalue weighted by atomic mass is 9.98. The molecule has 7 rings (SSSR count). The fraction of sp³-hybridized carbons (Fsp3) is 0.